The zero-order valence-corrected chi connectivity index (χ0v) is 78.7. The monoisotopic (exact) mass is 1960 g/mol. The molecule has 5 aromatic carbocycles. The maximum atomic E-state index is 12.8. The number of carbonyl (C=O) groups excluding carboxylic acids is 5. The van der Waals surface area contributed by atoms with Crippen molar-refractivity contribution in [2.75, 3.05) is 70.9 Å². The van der Waals surface area contributed by atoms with Crippen molar-refractivity contribution >= 4 is 174 Å². The van der Waals surface area contributed by atoms with E-state index < -0.39 is 17.8 Å². The van der Waals surface area contributed by atoms with E-state index in [1.165, 1.54) is 25.4 Å². The highest BCUT2D eigenvalue weighted by Crippen LogP contribution is 2.37. The minimum Gasteiger partial charge on any atom is -0.369 e. The van der Waals surface area contributed by atoms with Crippen LogP contribution in [0.4, 0.5) is 53.2 Å². The Kier molecular flexibility index (Phi) is 36.5. The zero-order chi connectivity index (χ0) is 95.4. The second-order valence-electron chi connectivity index (χ2n) is 29.6. The molecule has 0 aliphatic carbocycles. The van der Waals surface area contributed by atoms with Gasteiger partial charge in [0, 0.05) is 125 Å². The number of carbonyl (C=O) groups is 5. The van der Waals surface area contributed by atoms with Crippen LogP contribution in [0.1, 0.15) is 95.2 Å². The number of aryl methyl sites for hydroxylation is 3. The number of rotatable bonds is 23. The number of pyridine rings is 10. The molecule has 0 radical (unpaired) electrons. The number of hydrogen-bond acceptors (Lipinski definition) is 18. The van der Waals surface area contributed by atoms with Gasteiger partial charge in [0.05, 0.1) is 103 Å². The molecule has 0 saturated heterocycles. The number of likely N-dealkylation sites (N-methyl/N-ethyl adjacent to an activating group) is 1. The molecule has 0 spiro atoms. The summed E-state index contributed by atoms with van der Waals surface area (Å²) >= 11 is 55.1. The molecular weight excluding hydrogens is 1890 g/mol. The minimum atomic E-state index is -4.56. The maximum Gasteiger partial charge on any atom is 0.433 e. The number of alkyl halides is 3. The van der Waals surface area contributed by atoms with Crippen LogP contribution in [0.3, 0.4) is 0 Å². The first-order chi connectivity index (χ1) is 63.7. The average molecular weight is 1970 g/mol. The van der Waals surface area contributed by atoms with Crippen molar-refractivity contribution in [2.24, 2.45) is 5.92 Å². The smallest absolute Gasteiger partial charge is 0.369 e. The summed E-state index contributed by atoms with van der Waals surface area (Å²) in [6.45, 7) is 11.7. The molecule has 0 bridgehead atoms. The first-order valence-electron chi connectivity index (χ1n) is 40.6. The number of benzene rings is 5. The summed E-state index contributed by atoms with van der Waals surface area (Å²) in [4.78, 5) is 106. The zero-order valence-electron chi connectivity index (χ0n) is 71.9. The summed E-state index contributed by atoms with van der Waals surface area (Å²) in [6.07, 6.45) is 9.15. The summed E-state index contributed by atoms with van der Waals surface area (Å²) in [5.74, 6) is 0.0477. The van der Waals surface area contributed by atoms with Gasteiger partial charge in [-0.1, -0.05) is 149 Å². The average Bonchev–Trinajstić information content (AvgIpc) is 0.809. The van der Waals surface area contributed by atoms with E-state index in [0.29, 0.717) is 115 Å². The molecule has 10 aromatic heterocycles. The third kappa shape index (κ3) is 29.5. The molecule has 10 heterocycles. The van der Waals surface area contributed by atoms with Crippen molar-refractivity contribution in [1.29, 1.82) is 0 Å². The first kappa shape index (κ1) is 100. The molecular formula is C98H82Cl9F3N18O5. The van der Waals surface area contributed by atoms with Crippen molar-refractivity contribution in [3.8, 4) is 56.3 Å². The molecule has 133 heavy (non-hydrogen) atoms. The van der Waals surface area contributed by atoms with Crippen LogP contribution in [0.15, 0.2) is 274 Å². The quantitative estimate of drug-likeness (QED) is 0.0293. The van der Waals surface area contributed by atoms with E-state index in [1.807, 2.05) is 112 Å². The van der Waals surface area contributed by atoms with Crippen LogP contribution >= 0.6 is 104 Å². The molecule has 0 atom stereocenters. The number of halogens is 12. The van der Waals surface area contributed by atoms with Crippen LogP contribution in [0.5, 0.6) is 0 Å². The summed E-state index contributed by atoms with van der Waals surface area (Å²) in [6, 6.07) is 63.8. The number of amides is 5. The lowest BCUT2D eigenvalue weighted by Crippen LogP contribution is -2.21. The topological polar surface area (TPSA) is 302 Å². The maximum absolute atomic E-state index is 12.8. The number of nitrogens with zero attached hydrogens (tertiary/aromatic N) is 11. The molecule has 0 saturated carbocycles. The molecule has 0 aliphatic heterocycles. The van der Waals surface area contributed by atoms with Gasteiger partial charge in [0.2, 0.25) is 0 Å². The molecule has 7 N–H and O–H groups in total. The highest BCUT2D eigenvalue weighted by molar-refractivity contribution is 6.41. The van der Waals surface area contributed by atoms with Gasteiger partial charge in [0.25, 0.3) is 29.5 Å². The van der Waals surface area contributed by atoms with Gasteiger partial charge in [0.1, 0.15) is 27.6 Å². The van der Waals surface area contributed by atoms with Crippen LogP contribution in [-0.4, -0.2) is 118 Å². The van der Waals surface area contributed by atoms with Crippen molar-refractivity contribution in [2.45, 2.75) is 47.2 Å². The fraction of sp³-hybridized carbons (Fsp3) is 0.133. The van der Waals surface area contributed by atoms with Crippen LogP contribution in [-0.2, 0) is 12.6 Å². The number of hydrogen-bond donors (Lipinski definition) is 7. The lowest BCUT2D eigenvalue weighted by Gasteiger charge is -2.12. The molecule has 35 heteroatoms. The van der Waals surface area contributed by atoms with Gasteiger partial charge < -0.3 is 42.1 Å². The van der Waals surface area contributed by atoms with Crippen LogP contribution < -0.4 is 37.2 Å². The van der Waals surface area contributed by atoms with E-state index in [9.17, 15) is 37.1 Å². The van der Waals surface area contributed by atoms with Crippen molar-refractivity contribution in [3.63, 3.8) is 0 Å². The predicted octanol–water partition coefficient (Wildman–Crippen LogP) is 26.1. The van der Waals surface area contributed by atoms with E-state index in [1.54, 1.807) is 159 Å². The Morgan fingerprint density at radius 2 is 0.767 bits per heavy atom. The molecule has 15 rings (SSSR count). The lowest BCUT2D eigenvalue weighted by atomic mass is 10.1. The Morgan fingerprint density at radius 3 is 1.14 bits per heavy atom. The number of aromatic nitrogens is 10. The summed E-state index contributed by atoms with van der Waals surface area (Å²) < 4.78 is 38.3. The van der Waals surface area contributed by atoms with Crippen LogP contribution in [0, 0.1) is 19.8 Å². The second kappa shape index (κ2) is 48.4. The largest absolute Gasteiger partial charge is 0.433 e. The Balaban J connectivity index is 0.000000160. The Morgan fingerprint density at radius 1 is 0.376 bits per heavy atom. The standard InChI is InChI=1S/C21H20Cl2N4O.C21H17ClF3N3O.C21H22ClN5O.C18H13Cl2N3O.C17H10Cl3N3O/c1-13(2)11-25-20-18(23)9-14(12-26-20)21(28)27-15-6-7-17(22)16(10-15)19-5-3-4-8-24-19;1-3-13-8-9-26-18(10-13)16-11-14(4-6-17(16)22)28-20(29)15-5-7-19(21(23,24)25)27-12(15)2;1-27(2)12-11-24-20-9-6-15(14-25-20)21(28)26-16-7-8-18(22)17(13-16)19-5-3-4-10-23-19;1-11-13(6-8-17(20)22-11)18(24)23-12-5-7-15(19)14(10-12)16-4-2-3-9-21-16;18-13-5-4-11(8-12(13)15-3-1-2-6-21-15)23-17(24)10-7-14(19)16(20)22-9-10/h3-10,12-13H,11H2,1-2H3,(H,25,26)(H,27,28);4-11H,3H2,1-2H3,(H,28,29);3-10,13-14H,11-12H2,1-2H3,(H,24,25)(H,26,28);2-10H,1H3,(H,23,24);1-9H,(H,23,24). The number of nitrogens with one attached hydrogen (secondary N) is 7. The van der Waals surface area contributed by atoms with E-state index in [2.05, 4.69) is 106 Å². The highest BCUT2D eigenvalue weighted by Gasteiger charge is 2.33. The van der Waals surface area contributed by atoms with E-state index in [4.69, 9.17) is 104 Å². The minimum absolute atomic E-state index is 0.0103. The van der Waals surface area contributed by atoms with Gasteiger partial charge >= 0.3 is 6.18 Å². The van der Waals surface area contributed by atoms with Gasteiger partial charge in [0.15, 0.2) is 0 Å². The van der Waals surface area contributed by atoms with Gasteiger partial charge in [-0.05, 0) is 246 Å². The Bertz CT molecular complexity index is 6610. The van der Waals surface area contributed by atoms with Gasteiger partial charge in [-0.3, -0.25) is 48.9 Å². The normalized spacial score (nSPS) is 10.8. The molecule has 0 fully saturated rings. The molecule has 5 amide bonds. The van der Waals surface area contributed by atoms with Crippen molar-refractivity contribution in [3.05, 3.63) is 370 Å². The Hall–Kier alpha value is -13.1. The first-order valence-corrected chi connectivity index (χ1v) is 44.0. The van der Waals surface area contributed by atoms with Gasteiger partial charge in [-0.15, -0.1) is 0 Å². The fourth-order valence-electron chi connectivity index (χ4n) is 12.2. The fourth-order valence-corrected chi connectivity index (χ4v) is 14.0. The lowest BCUT2D eigenvalue weighted by molar-refractivity contribution is -0.141. The molecule has 23 nitrogen and oxygen atoms in total. The third-order valence-electron chi connectivity index (χ3n) is 19.0. The molecule has 0 aliphatic rings. The van der Waals surface area contributed by atoms with Gasteiger partial charge in [-0.25, -0.2) is 24.9 Å². The van der Waals surface area contributed by atoms with E-state index >= 15 is 0 Å². The summed E-state index contributed by atoms with van der Waals surface area (Å²) in [7, 11) is 4.02. The number of anilines is 7. The SMILES string of the molecule is CC(C)CNc1ncc(C(=O)Nc2ccc(Cl)c(-c3ccccn3)c2)cc1Cl.CCc1ccnc(-c2cc(NC(=O)c3ccc(C(F)(F)F)nc3C)ccc2Cl)c1.CN(C)CCNc1ccc(C(=O)Nc2ccc(Cl)c(-c3ccccn3)c2)cn1.Cc1nc(Cl)ccc1C(=O)Nc1ccc(Cl)c(-c2ccccn2)c1.O=C(Nc1ccc(Cl)c(-c2ccccn2)c1)c1cnc(Cl)c(Cl)c1. The van der Waals surface area contributed by atoms with E-state index in [-0.39, 0.29) is 45.1 Å². The Labute approximate surface area is 810 Å². The molecule has 0 unspecified atom stereocenters. The van der Waals surface area contributed by atoms with Gasteiger partial charge in [-0.2, -0.15) is 13.2 Å². The third-order valence-corrected chi connectivity index (χ3v) is 21.9. The van der Waals surface area contributed by atoms with Crippen molar-refractivity contribution in [1.82, 2.24) is 54.7 Å². The van der Waals surface area contributed by atoms with E-state index in [0.717, 1.165) is 94.6 Å². The second-order valence-corrected chi connectivity index (χ2v) is 33.2. The molecule has 15 aromatic rings. The van der Waals surface area contributed by atoms with Crippen LogP contribution in [0.2, 0.25) is 45.5 Å². The summed E-state index contributed by atoms with van der Waals surface area (Å²) in [5, 5.41) is 24.2. The van der Waals surface area contributed by atoms with Crippen molar-refractivity contribution < 1.29 is 37.1 Å². The van der Waals surface area contributed by atoms with Crippen LogP contribution in [0.25, 0.3) is 56.3 Å². The summed E-state index contributed by atoms with van der Waals surface area (Å²) in [5.41, 5.74) is 12.4. The highest BCUT2D eigenvalue weighted by atomic mass is 35.5. The predicted molar refractivity (Wildman–Crippen MR) is 529 cm³/mol. The molecule has 678 valence electrons.